The number of nitrogens with zero attached hydrogens (tertiary/aromatic N) is 2. The molecule has 1 heterocycles. The molecule has 0 fully saturated rings. The quantitative estimate of drug-likeness (QED) is 0.559. The van der Waals surface area contributed by atoms with Gasteiger partial charge in [0.25, 0.3) is 0 Å². The highest BCUT2D eigenvalue weighted by atomic mass is 32.2. The second-order valence-electron chi connectivity index (χ2n) is 5.77. The van der Waals surface area contributed by atoms with Crippen molar-refractivity contribution in [1.82, 2.24) is 9.97 Å². The van der Waals surface area contributed by atoms with E-state index in [0.29, 0.717) is 10.7 Å². The summed E-state index contributed by atoms with van der Waals surface area (Å²) in [5.74, 6) is -0.525. The summed E-state index contributed by atoms with van der Waals surface area (Å²) in [6, 6.07) is 12.4. The number of rotatable bonds is 7. The van der Waals surface area contributed by atoms with Crippen LogP contribution in [-0.4, -0.2) is 28.7 Å². The number of nitrogens with one attached hydrogen (secondary N) is 1. The Kier molecular flexibility index (Phi) is 6.89. The van der Waals surface area contributed by atoms with Crippen molar-refractivity contribution in [2.24, 2.45) is 0 Å². The van der Waals surface area contributed by atoms with Crippen molar-refractivity contribution < 1.29 is 13.9 Å². The summed E-state index contributed by atoms with van der Waals surface area (Å²) in [4.78, 5) is 22.0. The van der Waals surface area contributed by atoms with Gasteiger partial charge in [-0.15, -0.1) is 0 Å². The van der Waals surface area contributed by atoms with Crippen molar-refractivity contribution in [3.8, 4) is 5.75 Å². The van der Waals surface area contributed by atoms with Crippen LogP contribution in [0.25, 0.3) is 0 Å². The van der Waals surface area contributed by atoms with E-state index in [2.05, 4.69) is 15.3 Å². The maximum Gasteiger partial charge on any atom is 0.234 e. The minimum atomic E-state index is -0.529. The molecule has 0 saturated heterocycles. The van der Waals surface area contributed by atoms with Crippen LogP contribution in [0.2, 0.25) is 0 Å². The van der Waals surface area contributed by atoms with Crippen LogP contribution in [0.15, 0.2) is 69.8 Å². The number of hydrogen-bond acceptors (Lipinski definition) is 6. The lowest BCUT2D eigenvalue weighted by Gasteiger charge is -2.09. The number of anilines is 1. The maximum atomic E-state index is 13.7. The fraction of sp³-hybridized carbons (Fsp3) is 0.150. The molecule has 1 N–H and O–H groups in total. The number of amides is 1. The maximum absolute atomic E-state index is 13.7. The van der Waals surface area contributed by atoms with Gasteiger partial charge in [0.05, 0.1) is 12.9 Å². The number of carbonyl (C=O) groups is 1. The molecule has 0 saturated carbocycles. The molecule has 0 bridgehead atoms. The van der Waals surface area contributed by atoms with Gasteiger partial charge in [-0.25, -0.2) is 14.4 Å². The van der Waals surface area contributed by atoms with Gasteiger partial charge in [-0.3, -0.25) is 4.79 Å². The second-order valence-corrected chi connectivity index (χ2v) is 7.79. The van der Waals surface area contributed by atoms with Gasteiger partial charge < -0.3 is 10.1 Å². The third-order valence-corrected chi connectivity index (χ3v) is 5.75. The van der Waals surface area contributed by atoms with Crippen molar-refractivity contribution in [2.75, 3.05) is 18.2 Å². The largest absolute Gasteiger partial charge is 0.494 e. The van der Waals surface area contributed by atoms with Crippen LogP contribution in [0, 0.1) is 12.7 Å². The van der Waals surface area contributed by atoms with E-state index in [1.54, 1.807) is 18.5 Å². The van der Waals surface area contributed by atoms with Crippen molar-refractivity contribution in [3.63, 3.8) is 0 Å². The first kappa shape index (κ1) is 20.2. The molecule has 3 aromatic rings. The van der Waals surface area contributed by atoms with Gasteiger partial charge in [-0.2, -0.15) is 0 Å². The number of benzene rings is 2. The van der Waals surface area contributed by atoms with E-state index >= 15 is 0 Å². The lowest BCUT2D eigenvalue weighted by Crippen LogP contribution is -2.14. The van der Waals surface area contributed by atoms with Crippen molar-refractivity contribution >= 4 is 35.1 Å². The lowest BCUT2D eigenvalue weighted by atomic mass is 10.2. The van der Waals surface area contributed by atoms with Gasteiger partial charge in [0.2, 0.25) is 5.91 Å². The Bertz CT molecular complexity index is 968. The molecule has 0 aliphatic rings. The molecule has 0 radical (unpaired) electrons. The van der Waals surface area contributed by atoms with E-state index < -0.39 is 5.82 Å². The fourth-order valence-electron chi connectivity index (χ4n) is 2.27. The molecule has 3 rings (SSSR count). The highest BCUT2D eigenvalue weighted by Crippen LogP contribution is 2.32. The number of halogens is 1. The Morgan fingerprint density at radius 1 is 1.11 bits per heavy atom. The van der Waals surface area contributed by atoms with E-state index in [4.69, 9.17) is 4.74 Å². The van der Waals surface area contributed by atoms with E-state index in [1.165, 1.54) is 48.3 Å². The molecule has 1 aromatic heterocycles. The number of aromatic nitrogens is 2. The number of carbonyl (C=O) groups excluding carboxylic acids is 1. The molecule has 144 valence electrons. The summed E-state index contributed by atoms with van der Waals surface area (Å²) < 4.78 is 18.6. The van der Waals surface area contributed by atoms with Gasteiger partial charge >= 0.3 is 0 Å². The Labute approximate surface area is 171 Å². The Morgan fingerprint density at radius 2 is 1.82 bits per heavy atom. The van der Waals surface area contributed by atoms with Crippen molar-refractivity contribution in [3.05, 3.63) is 66.2 Å². The highest BCUT2D eigenvalue weighted by molar-refractivity contribution is 8.02. The summed E-state index contributed by atoms with van der Waals surface area (Å²) in [5.41, 5.74) is 1.56. The number of aryl methyl sites for hydroxylation is 1. The molecule has 5 nitrogen and oxygen atoms in total. The smallest absolute Gasteiger partial charge is 0.234 e. The molecular weight excluding hydrogens is 397 g/mol. The molecule has 1 amide bonds. The van der Waals surface area contributed by atoms with Gasteiger partial charge in [0.15, 0.2) is 11.6 Å². The third kappa shape index (κ3) is 5.46. The topological polar surface area (TPSA) is 64.1 Å². The van der Waals surface area contributed by atoms with Crippen LogP contribution in [0.3, 0.4) is 0 Å². The van der Waals surface area contributed by atoms with Crippen molar-refractivity contribution in [2.45, 2.75) is 21.9 Å². The minimum absolute atomic E-state index is 0.129. The van der Waals surface area contributed by atoms with E-state index in [0.717, 1.165) is 9.92 Å². The van der Waals surface area contributed by atoms with E-state index in [1.807, 2.05) is 31.2 Å². The Hall–Kier alpha value is -2.58. The monoisotopic (exact) mass is 415 g/mol. The number of thioether (sulfide) groups is 1. The van der Waals surface area contributed by atoms with E-state index in [-0.39, 0.29) is 17.4 Å². The van der Waals surface area contributed by atoms with Gasteiger partial charge in [-0.1, -0.05) is 41.2 Å². The summed E-state index contributed by atoms with van der Waals surface area (Å²) in [6.07, 6.45) is 3.22. The predicted molar refractivity (Wildman–Crippen MR) is 110 cm³/mol. The van der Waals surface area contributed by atoms with Gasteiger partial charge in [-0.05, 0) is 31.2 Å². The van der Waals surface area contributed by atoms with E-state index in [9.17, 15) is 9.18 Å². The average Bonchev–Trinajstić information content (AvgIpc) is 2.69. The molecule has 8 heteroatoms. The standard InChI is InChI=1S/C20H18FN3O2S2/c1-13-3-6-15(7-4-13)28-20-19(22-9-10-23-20)27-12-18(25)24-14-5-8-17(26-2)16(21)11-14/h3-11H,12H2,1-2H3,(H,24,25). The van der Waals surface area contributed by atoms with Gasteiger partial charge in [0.1, 0.15) is 10.1 Å². The average molecular weight is 416 g/mol. The molecular formula is C20H18FN3O2S2. The third-order valence-electron chi connectivity index (χ3n) is 3.64. The van der Waals surface area contributed by atoms with Crippen molar-refractivity contribution in [1.29, 1.82) is 0 Å². The fourth-order valence-corrected chi connectivity index (χ4v) is 3.98. The summed E-state index contributed by atoms with van der Waals surface area (Å²) in [6.45, 7) is 2.03. The first-order valence-electron chi connectivity index (χ1n) is 8.37. The lowest BCUT2D eigenvalue weighted by molar-refractivity contribution is -0.113. The minimum Gasteiger partial charge on any atom is -0.494 e. The molecule has 0 atom stereocenters. The van der Waals surface area contributed by atoms with Crippen LogP contribution in [0.1, 0.15) is 5.56 Å². The SMILES string of the molecule is COc1ccc(NC(=O)CSc2nccnc2Sc2ccc(C)cc2)cc1F. The summed E-state index contributed by atoms with van der Waals surface area (Å²) >= 11 is 2.78. The molecule has 0 aliphatic carbocycles. The molecule has 0 aliphatic heterocycles. The first-order chi connectivity index (χ1) is 13.5. The Balaban J connectivity index is 1.62. The summed E-state index contributed by atoms with van der Waals surface area (Å²) in [5, 5.41) is 4.08. The zero-order valence-electron chi connectivity index (χ0n) is 15.3. The predicted octanol–water partition coefficient (Wildman–Crippen LogP) is 4.81. The van der Waals surface area contributed by atoms with Crippen LogP contribution in [0.4, 0.5) is 10.1 Å². The first-order valence-corrected chi connectivity index (χ1v) is 10.2. The summed E-state index contributed by atoms with van der Waals surface area (Å²) in [7, 11) is 1.39. The number of ether oxygens (including phenoxy) is 1. The van der Waals surface area contributed by atoms with Crippen LogP contribution in [0.5, 0.6) is 5.75 Å². The highest BCUT2D eigenvalue weighted by Gasteiger charge is 2.12. The van der Waals surface area contributed by atoms with Crippen LogP contribution < -0.4 is 10.1 Å². The van der Waals surface area contributed by atoms with Crippen LogP contribution >= 0.6 is 23.5 Å². The molecule has 2 aromatic carbocycles. The second kappa shape index (κ2) is 9.57. The normalized spacial score (nSPS) is 10.5. The molecule has 0 unspecified atom stereocenters. The zero-order valence-corrected chi connectivity index (χ0v) is 16.9. The van der Waals surface area contributed by atoms with Gasteiger partial charge in [0, 0.05) is 29.0 Å². The van der Waals surface area contributed by atoms with Crippen LogP contribution in [-0.2, 0) is 4.79 Å². The zero-order chi connectivity index (χ0) is 19.9. The number of hydrogen-bond donors (Lipinski definition) is 1. The Morgan fingerprint density at radius 3 is 2.50 bits per heavy atom. The molecule has 28 heavy (non-hydrogen) atoms. The number of methoxy groups -OCH3 is 1. The molecule has 0 spiro atoms.